The summed E-state index contributed by atoms with van der Waals surface area (Å²) in [6.45, 7) is 8.92. The van der Waals surface area contributed by atoms with Crippen LogP contribution in [0.25, 0.3) is 11.0 Å². The number of para-hydroxylation sites is 1. The van der Waals surface area contributed by atoms with E-state index >= 15 is 0 Å². The van der Waals surface area contributed by atoms with Crippen molar-refractivity contribution >= 4 is 16.8 Å². The highest BCUT2D eigenvalue weighted by Crippen LogP contribution is 2.46. The molecule has 1 aliphatic carbocycles. The van der Waals surface area contributed by atoms with Crippen LogP contribution in [0.1, 0.15) is 99.9 Å². The van der Waals surface area contributed by atoms with Crippen molar-refractivity contribution in [2.24, 2.45) is 5.92 Å². The number of carbonyl (C=O) groups is 1. The molecule has 2 aromatic carbocycles. The van der Waals surface area contributed by atoms with E-state index in [0.717, 1.165) is 35.3 Å². The summed E-state index contributed by atoms with van der Waals surface area (Å²) in [5.74, 6) is 2.13. The van der Waals surface area contributed by atoms with Crippen LogP contribution in [0.4, 0.5) is 0 Å². The minimum absolute atomic E-state index is 0.00517. The Morgan fingerprint density at radius 2 is 1.79 bits per heavy atom. The van der Waals surface area contributed by atoms with Crippen LogP contribution in [0, 0.1) is 5.92 Å². The summed E-state index contributed by atoms with van der Waals surface area (Å²) in [5, 5.41) is 11.3. The normalized spacial score (nSPS) is 16.2. The first-order valence-electron chi connectivity index (χ1n) is 12.9. The fourth-order valence-corrected chi connectivity index (χ4v) is 5.26. The van der Waals surface area contributed by atoms with Crippen LogP contribution >= 0.6 is 0 Å². The molecule has 0 saturated heterocycles. The molecular formula is C30H38O4. The van der Waals surface area contributed by atoms with Gasteiger partial charge in [0.25, 0.3) is 0 Å². The maximum Gasteiger partial charge on any atom is 0.197 e. The number of hydrogen-bond acceptors (Lipinski definition) is 4. The highest BCUT2D eigenvalue weighted by atomic mass is 16.5. The Bertz CT molecular complexity index is 1140. The second kappa shape index (κ2) is 10.4. The summed E-state index contributed by atoms with van der Waals surface area (Å²) >= 11 is 0. The smallest absolute Gasteiger partial charge is 0.197 e. The third kappa shape index (κ3) is 4.79. The third-order valence-electron chi connectivity index (χ3n) is 7.43. The van der Waals surface area contributed by atoms with Crippen LogP contribution in [0.3, 0.4) is 0 Å². The van der Waals surface area contributed by atoms with Gasteiger partial charge in [0, 0.05) is 16.4 Å². The fourth-order valence-electron chi connectivity index (χ4n) is 5.26. The van der Waals surface area contributed by atoms with Gasteiger partial charge in [-0.2, -0.15) is 0 Å². The van der Waals surface area contributed by atoms with Gasteiger partial charge < -0.3 is 14.3 Å². The lowest BCUT2D eigenvalue weighted by molar-refractivity contribution is 0.0958. The average Bonchev–Trinajstić information content (AvgIpc) is 3.24. The van der Waals surface area contributed by atoms with Crippen LogP contribution in [-0.4, -0.2) is 23.6 Å². The zero-order chi connectivity index (χ0) is 24.3. The molecule has 4 rings (SSSR count). The van der Waals surface area contributed by atoms with Gasteiger partial charge in [0.2, 0.25) is 0 Å². The molecule has 1 heterocycles. The molecular weight excluding hydrogens is 424 g/mol. The van der Waals surface area contributed by atoms with Crippen molar-refractivity contribution in [2.45, 2.75) is 84.2 Å². The molecule has 0 aliphatic heterocycles. The first-order chi connectivity index (χ1) is 16.4. The molecule has 0 bridgehead atoms. The third-order valence-corrected chi connectivity index (χ3v) is 7.43. The van der Waals surface area contributed by atoms with E-state index in [2.05, 4.69) is 27.7 Å². The number of benzene rings is 2. The molecule has 34 heavy (non-hydrogen) atoms. The van der Waals surface area contributed by atoms with Gasteiger partial charge in [-0.3, -0.25) is 4.79 Å². The molecule has 4 nitrogen and oxygen atoms in total. The van der Waals surface area contributed by atoms with Crippen LogP contribution < -0.4 is 4.74 Å². The maximum atomic E-state index is 13.4. The van der Waals surface area contributed by atoms with Gasteiger partial charge >= 0.3 is 0 Å². The van der Waals surface area contributed by atoms with Crippen LogP contribution in [-0.2, 0) is 5.41 Å². The number of ether oxygens (including phenoxy) is 1. The number of unbranched alkanes of at least 4 members (excludes halogenated alkanes) is 1. The summed E-state index contributed by atoms with van der Waals surface area (Å²) in [6.07, 6.45) is 7.48. The van der Waals surface area contributed by atoms with E-state index in [-0.39, 0.29) is 12.4 Å². The SMILES string of the molecule is CCCCC(CC)CCC[C@@H](O)COc1ccc2c(c1)C(C)(C)c1oc3ccccc3c1C2=O. The largest absolute Gasteiger partial charge is 0.491 e. The van der Waals surface area contributed by atoms with Gasteiger partial charge in [-0.25, -0.2) is 0 Å². The second-order valence-electron chi connectivity index (χ2n) is 10.3. The first kappa shape index (κ1) is 24.5. The molecule has 0 saturated carbocycles. The van der Waals surface area contributed by atoms with Gasteiger partial charge in [0.15, 0.2) is 5.78 Å². The van der Waals surface area contributed by atoms with Crippen LogP contribution in [0.15, 0.2) is 46.9 Å². The van der Waals surface area contributed by atoms with E-state index < -0.39 is 11.5 Å². The van der Waals surface area contributed by atoms with Crippen LogP contribution in [0.2, 0.25) is 0 Å². The number of rotatable bonds is 11. The highest BCUT2D eigenvalue weighted by Gasteiger charge is 2.41. The summed E-state index contributed by atoms with van der Waals surface area (Å²) in [4.78, 5) is 13.4. The average molecular weight is 463 g/mol. The predicted octanol–water partition coefficient (Wildman–Crippen LogP) is 7.43. The Hall–Kier alpha value is -2.59. The van der Waals surface area contributed by atoms with Crippen molar-refractivity contribution in [3.05, 3.63) is 64.9 Å². The Morgan fingerprint density at radius 3 is 2.56 bits per heavy atom. The highest BCUT2D eigenvalue weighted by molar-refractivity contribution is 6.19. The summed E-state index contributed by atoms with van der Waals surface area (Å²) in [6, 6.07) is 13.3. The fraction of sp³-hybridized carbons (Fsp3) is 0.500. The molecule has 1 aromatic heterocycles. The van der Waals surface area contributed by atoms with Crippen LogP contribution in [0.5, 0.6) is 5.75 Å². The number of aliphatic hydroxyl groups is 1. The second-order valence-corrected chi connectivity index (χ2v) is 10.3. The van der Waals surface area contributed by atoms with Crippen molar-refractivity contribution in [2.75, 3.05) is 6.61 Å². The van der Waals surface area contributed by atoms with Gasteiger partial charge in [-0.05, 0) is 56.0 Å². The van der Waals surface area contributed by atoms with Gasteiger partial charge in [-0.1, -0.05) is 70.6 Å². The van der Waals surface area contributed by atoms with E-state index in [1.165, 1.54) is 32.1 Å². The number of hydrogen-bond donors (Lipinski definition) is 1. The molecule has 0 spiro atoms. The van der Waals surface area contributed by atoms with Gasteiger partial charge in [0.05, 0.1) is 11.7 Å². The predicted molar refractivity (Wildman–Crippen MR) is 137 cm³/mol. The maximum absolute atomic E-state index is 13.4. The molecule has 1 N–H and O–H groups in total. The van der Waals surface area contributed by atoms with Gasteiger partial charge in [-0.15, -0.1) is 0 Å². The van der Waals surface area contributed by atoms with Crippen molar-refractivity contribution < 1.29 is 19.1 Å². The lowest BCUT2D eigenvalue weighted by Gasteiger charge is -2.31. The number of fused-ring (bicyclic) bond motifs is 4. The summed E-state index contributed by atoms with van der Waals surface area (Å²) in [5.41, 5.74) is 2.53. The Kier molecular flexibility index (Phi) is 7.47. The van der Waals surface area contributed by atoms with E-state index in [9.17, 15) is 9.90 Å². The Labute approximate surface area is 203 Å². The minimum atomic E-state index is -0.490. The van der Waals surface area contributed by atoms with E-state index in [4.69, 9.17) is 9.15 Å². The molecule has 0 fully saturated rings. The molecule has 1 aliphatic rings. The zero-order valence-electron chi connectivity index (χ0n) is 21.0. The number of ketones is 1. The topological polar surface area (TPSA) is 59.7 Å². The van der Waals surface area contributed by atoms with E-state index in [1.807, 2.05) is 42.5 Å². The molecule has 0 radical (unpaired) electrons. The molecule has 2 atom stereocenters. The molecule has 3 aromatic rings. The summed E-state index contributed by atoms with van der Waals surface area (Å²) in [7, 11) is 0. The summed E-state index contributed by atoms with van der Waals surface area (Å²) < 4.78 is 12.1. The zero-order valence-corrected chi connectivity index (χ0v) is 21.0. The molecule has 1 unspecified atom stereocenters. The monoisotopic (exact) mass is 462 g/mol. The first-order valence-corrected chi connectivity index (χ1v) is 12.9. The molecule has 4 heteroatoms. The van der Waals surface area contributed by atoms with Crippen molar-refractivity contribution in [1.82, 2.24) is 0 Å². The van der Waals surface area contributed by atoms with Crippen molar-refractivity contribution in [3.8, 4) is 5.75 Å². The van der Waals surface area contributed by atoms with E-state index in [0.29, 0.717) is 22.6 Å². The Morgan fingerprint density at radius 1 is 1.03 bits per heavy atom. The number of furan rings is 1. The molecule has 182 valence electrons. The minimum Gasteiger partial charge on any atom is -0.491 e. The van der Waals surface area contributed by atoms with E-state index in [1.54, 1.807) is 0 Å². The quantitative estimate of drug-likeness (QED) is 0.322. The lowest BCUT2D eigenvalue weighted by atomic mass is 9.72. The number of aliphatic hydroxyl groups excluding tert-OH is 1. The standard InChI is InChI=1S/C30H38O4/c1-5-7-11-20(6-2)12-10-13-21(31)19-33-22-16-17-23-25(18-22)30(3,4)29-27(28(23)32)24-14-8-9-15-26(24)34-29/h8-9,14-18,20-21,31H,5-7,10-13,19H2,1-4H3/t20?,21-/m1/s1. The van der Waals surface area contributed by atoms with Gasteiger partial charge in [0.1, 0.15) is 23.7 Å². The molecule has 0 amide bonds. The van der Waals surface area contributed by atoms with Crippen molar-refractivity contribution in [3.63, 3.8) is 0 Å². The number of carbonyl (C=O) groups excluding carboxylic acids is 1. The lowest BCUT2D eigenvalue weighted by Crippen LogP contribution is -2.29. The van der Waals surface area contributed by atoms with Crippen molar-refractivity contribution in [1.29, 1.82) is 0 Å². The Balaban J connectivity index is 1.43.